The summed E-state index contributed by atoms with van der Waals surface area (Å²) in [5.74, 6) is -11.7. The van der Waals surface area contributed by atoms with Gasteiger partial charge in [0, 0.05) is 81.0 Å². The third-order valence-corrected chi connectivity index (χ3v) is 24.4. The van der Waals surface area contributed by atoms with Gasteiger partial charge in [-0.05, 0) is 113 Å². The van der Waals surface area contributed by atoms with Crippen molar-refractivity contribution >= 4 is 93.3 Å². The second kappa shape index (κ2) is 35.8. The number of hydrogen-bond acceptors (Lipinski definition) is 24. The molecule has 15 unspecified atom stereocenters. The third-order valence-electron chi connectivity index (χ3n) is 24.4. The van der Waals surface area contributed by atoms with E-state index in [1.54, 1.807) is 82.6 Å². The predicted molar refractivity (Wildman–Crippen MR) is 434 cm³/mol. The number of ether oxygens (including phenoxy) is 7. The van der Waals surface area contributed by atoms with Crippen LogP contribution >= 0.6 is 0 Å². The molecule has 32 nitrogen and oxygen atoms in total. The minimum atomic E-state index is -1.86. The zero-order chi connectivity index (χ0) is 87.3. The summed E-state index contributed by atoms with van der Waals surface area (Å²) < 4.78 is 47.5. The van der Waals surface area contributed by atoms with E-state index in [2.05, 4.69) is 35.1 Å². The zero-order valence-corrected chi connectivity index (χ0v) is 71.4. The van der Waals surface area contributed by atoms with E-state index < -0.39 is 202 Å². The number of amides is 8. The minimum absolute atomic E-state index is 0.0452. The number of nitrogen functional groups attached to an aromatic ring is 1. The van der Waals surface area contributed by atoms with Crippen molar-refractivity contribution in [2.45, 2.75) is 208 Å². The number of likely N-dealkylation sites (N-methyl/N-ethyl adjacent to an activating group) is 4. The number of nitrogens with zero attached hydrogens (tertiary/aromatic N) is 5. The summed E-state index contributed by atoms with van der Waals surface area (Å²) in [6.45, 7) is 22.9. The highest BCUT2D eigenvalue weighted by Crippen LogP contribution is 2.51. The number of aromatic nitrogens is 1. The van der Waals surface area contributed by atoms with Crippen molar-refractivity contribution in [3.63, 3.8) is 0 Å². The molecule has 642 valence electrons. The summed E-state index contributed by atoms with van der Waals surface area (Å²) in [6, 6.07) is 1.60. The second-order valence-electron chi connectivity index (χ2n) is 34.3. The van der Waals surface area contributed by atoms with Gasteiger partial charge in [-0.25, -0.2) is 14.6 Å². The van der Waals surface area contributed by atoms with Gasteiger partial charge in [-0.15, -0.1) is 0 Å². The lowest BCUT2D eigenvalue weighted by Crippen LogP contribution is -2.59. The number of nitrogens with one attached hydrogen (secondary N) is 4. The van der Waals surface area contributed by atoms with Crippen LogP contribution in [0, 0.1) is 67.1 Å². The SMILES string of the molecule is COc1cc2c(cc1OC)C1C(=O)c3ccc4c(c3OC1CO2)CC(C(C)C)O4.Cc1c2oc3c(C)ccc(C(=O)NC4C(=O)NC(C(C)C)C(=O)C5CCCC5C(=O)N(C)CC(=O)N(C)C(C(C)C)C(=O)OC4C)c3nc-2c(C(=O)NC2C(=O)NC(C(C)C)C(=O)C3CCCC3C(=O)N(C)CC(=O)N(C)C(C(C)C)C(=O)OC2C)c(N)c1=O. The predicted octanol–water partition coefficient (Wildman–Crippen LogP) is 6.50. The van der Waals surface area contributed by atoms with Gasteiger partial charge < -0.3 is 84.2 Å². The van der Waals surface area contributed by atoms with Crippen molar-refractivity contribution in [3.8, 4) is 40.2 Å². The molecule has 32 heteroatoms. The number of anilines is 1. The van der Waals surface area contributed by atoms with E-state index in [4.69, 9.17) is 48.3 Å². The number of carbonyl (C=O) groups is 13. The number of hydrogen-bond donors (Lipinski definition) is 5. The molecule has 8 amide bonds. The molecular weight excluding hydrogens is 1540 g/mol. The summed E-state index contributed by atoms with van der Waals surface area (Å²) in [5, 5.41) is 10.8. The highest BCUT2D eigenvalue weighted by atomic mass is 16.6. The van der Waals surface area contributed by atoms with Crippen LogP contribution in [0.4, 0.5) is 5.69 Å². The largest absolute Gasteiger partial charge is 0.493 e. The number of methoxy groups -OCH3 is 2. The molecule has 6 aliphatic heterocycles. The first kappa shape index (κ1) is 88.6. The maximum Gasteiger partial charge on any atom is 0.329 e. The maximum atomic E-state index is 15.2. The smallest absolute Gasteiger partial charge is 0.329 e. The van der Waals surface area contributed by atoms with Crippen LogP contribution in [-0.2, 0) is 63.8 Å². The number of Topliss-reactive ketones (excluding diaryl/α,β-unsaturated/α-hetero) is 3. The lowest BCUT2D eigenvalue weighted by molar-refractivity contribution is -0.163. The van der Waals surface area contributed by atoms with E-state index in [1.165, 1.54) is 70.9 Å². The molecule has 6 heterocycles. The molecular formula is C87H112N10O22. The Morgan fingerprint density at radius 2 is 1.09 bits per heavy atom. The van der Waals surface area contributed by atoms with Crippen LogP contribution in [0.5, 0.6) is 28.7 Å². The van der Waals surface area contributed by atoms with Crippen molar-refractivity contribution in [1.29, 1.82) is 0 Å². The molecule has 15 atom stereocenters. The lowest BCUT2D eigenvalue weighted by atomic mass is 9.81. The Morgan fingerprint density at radius 3 is 1.58 bits per heavy atom. The molecule has 3 aromatic carbocycles. The van der Waals surface area contributed by atoms with Crippen LogP contribution in [0.15, 0.2) is 45.6 Å². The Balaban J connectivity index is 0.000000395. The molecule has 0 bridgehead atoms. The molecule has 6 N–H and O–H groups in total. The molecule has 119 heavy (non-hydrogen) atoms. The molecule has 2 saturated carbocycles. The van der Waals surface area contributed by atoms with Crippen LogP contribution in [0.3, 0.4) is 0 Å². The first-order valence-electron chi connectivity index (χ1n) is 40.9. The summed E-state index contributed by atoms with van der Waals surface area (Å²) in [4.78, 5) is 211. The molecule has 12 rings (SSSR count). The number of aryl methyl sites for hydroxylation is 1. The van der Waals surface area contributed by atoms with Crippen molar-refractivity contribution < 1.29 is 99.9 Å². The average molecular weight is 1650 g/mol. The number of ketones is 3. The fourth-order valence-electron chi connectivity index (χ4n) is 17.6. The highest BCUT2D eigenvalue weighted by molar-refractivity contribution is 6.11. The molecule has 0 spiro atoms. The summed E-state index contributed by atoms with van der Waals surface area (Å²) >= 11 is 0. The number of benzene rings is 4. The maximum absolute atomic E-state index is 15.2. The Labute approximate surface area is 691 Å². The number of nitrogens with two attached hydrogens (primary N) is 1. The topological polar surface area (TPSA) is 417 Å². The van der Waals surface area contributed by atoms with Gasteiger partial charge in [0.05, 0.1) is 67.7 Å². The standard InChI is InChI=1S/C64H88N10O16.C23H24O6/c1-27(2)44-53(78)35-19-17-21-37(35)61(84)71(13)25-40(75)73(15)50(29(5)6)63(86)88-33(11)46(59(82)67-44)69-57(80)39-24-23-31(9)55-48(39)66-49-42(43(65)52(77)32(10)56(49)90-55)58(81)70-47-34(12)89-64(87)51(30(7)8)74(16)41(76)26-72(14)62(85)38-22-18-20-36(38)54(79)45(28(3)4)68-60(47)83;1-11(2)16-8-14-15(28-16)6-5-12-22(24)21-13-7-18(25-3)19(26-4)9-17(13)27-10-20(21)29-23(12)14/h23-24,27-30,33-38,44-47,50-51H,17-22,25-26,65H2,1-16H3,(H,67,82)(H,68,83)(H,69,80)(H,70,81);5-7,9,11,16,20-21H,8,10H2,1-4H3. The van der Waals surface area contributed by atoms with Crippen LogP contribution in [0.2, 0.25) is 0 Å². The number of carbonyl (C=O) groups excluding carboxylic acids is 13. The number of fused-ring (bicyclic) bond motifs is 10. The average Bonchev–Trinajstić information content (AvgIpc) is 1.55. The first-order valence-corrected chi connectivity index (χ1v) is 40.9. The van der Waals surface area contributed by atoms with Crippen LogP contribution in [-0.4, -0.2) is 224 Å². The number of rotatable bonds is 11. The van der Waals surface area contributed by atoms with E-state index >= 15 is 9.59 Å². The molecule has 9 aliphatic rings. The van der Waals surface area contributed by atoms with E-state index in [9.17, 15) is 57.5 Å². The van der Waals surface area contributed by atoms with Crippen LogP contribution in [0.25, 0.3) is 22.6 Å². The monoisotopic (exact) mass is 1650 g/mol. The summed E-state index contributed by atoms with van der Waals surface area (Å²) in [7, 11) is 8.82. The van der Waals surface area contributed by atoms with Gasteiger partial charge in [-0.3, -0.25) is 57.5 Å². The van der Waals surface area contributed by atoms with Crippen molar-refractivity contribution in [3.05, 3.63) is 85.6 Å². The Kier molecular flexibility index (Phi) is 26.6. The molecule has 0 aromatic heterocycles. The van der Waals surface area contributed by atoms with Gasteiger partial charge in [0.2, 0.25) is 40.9 Å². The highest BCUT2D eigenvalue weighted by Gasteiger charge is 2.50. The minimum Gasteiger partial charge on any atom is -0.493 e. The van der Waals surface area contributed by atoms with Crippen molar-refractivity contribution in [1.82, 2.24) is 45.9 Å². The van der Waals surface area contributed by atoms with Crippen LogP contribution < -0.4 is 56.1 Å². The van der Waals surface area contributed by atoms with Gasteiger partial charge in [0.1, 0.15) is 83.6 Å². The number of esters is 2. The molecule has 4 fully saturated rings. The molecule has 0 radical (unpaired) electrons. The van der Waals surface area contributed by atoms with Crippen molar-refractivity contribution in [2.75, 3.05) is 67.8 Å². The molecule has 3 aromatic rings. The zero-order valence-electron chi connectivity index (χ0n) is 71.4. The second-order valence-corrected chi connectivity index (χ2v) is 34.3. The van der Waals surface area contributed by atoms with Gasteiger partial charge in [-0.2, -0.15) is 0 Å². The summed E-state index contributed by atoms with van der Waals surface area (Å²) in [5.41, 5.74) is 6.04. The van der Waals surface area contributed by atoms with E-state index in [1.807, 2.05) is 18.2 Å². The van der Waals surface area contributed by atoms with E-state index in [-0.39, 0.29) is 51.7 Å². The van der Waals surface area contributed by atoms with Gasteiger partial charge >= 0.3 is 11.9 Å². The van der Waals surface area contributed by atoms with E-state index in [0.29, 0.717) is 85.2 Å². The first-order chi connectivity index (χ1) is 56.1. The Hall–Kier alpha value is -11.2. The van der Waals surface area contributed by atoms with Crippen molar-refractivity contribution in [2.24, 2.45) is 53.3 Å². The number of cyclic esters (lactones) is 2. The Bertz CT molecular complexity index is 4920. The normalized spacial score (nSPS) is 26.8. The van der Waals surface area contributed by atoms with Gasteiger partial charge in [0.25, 0.3) is 11.8 Å². The Morgan fingerprint density at radius 1 is 0.597 bits per heavy atom. The molecule has 3 aliphatic carbocycles. The lowest BCUT2D eigenvalue weighted by Gasteiger charge is -2.37. The fraction of sp³-hybridized carbons (Fsp3) is 0.575. The quantitative estimate of drug-likeness (QED) is 0.0535. The summed E-state index contributed by atoms with van der Waals surface area (Å²) in [6.07, 6.45) is -0.180. The molecule has 2 saturated heterocycles. The fourth-order valence-corrected chi connectivity index (χ4v) is 17.6. The third kappa shape index (κ3) is 17.4. The van der Waals surface area contributed by atoms with Crippen LogP contribution in [0.1, 0.15) is 181 Å². The van der Waals surface area contributed by atoms with Gasteiger partial charge in [0.15, 0.2) is 40.2 Å². The van der Waals surface area contributed by atoms with Gasteiger partial charge in [-0.1, -0.05) is 88.1 Å². The van der Waals surface area contributed by atoms with E-state index in [0.717, 1.165) is 33.1 Å².